The number of rotatable bonds is 8. The minimum atomic E-state index is -4.63. The minimum Gasteiger partial charge on any atom is -0.442 e. The Kier molecular flexibility index (Phi) is 9.47. The van der Waals surface area contributed by atoms with Crippen LogP contribution in [0.4, 0.5) is 18.0 Å². The first-order valence-corrected chi connectivity index (χ1v) is 14.1. The zero-order valence-electron chi connectivity index (χ0n) is 25.0. The first kappa shape index (κ1) is 31.6. The predicted octanol–water partition coefficient (Wildman–Crippen LogP) is 6.80. The number of ether oxygens (including phenoxy) is 1. The third-order valence-electron chi connectivity index (χ3n) is 6.79. The molecule has 1 atom stereocenters. The van der Waals surface area contributed by atoms with Crippen molar-refractivity contribution in [3.8, 4) is 0 Å². The molecule has 1 heterocycles. The topological polar surface area (TPSA) is 77.6 Å². The summed E-state index contributed by atoms with van der Waals surface area (Å²) >= 11 is 0. The number of carbonyl (C=O) groups excluding carboxylic acids is 2. The molecule has 0 bridgehead atoms. The molecule has 4 rings (SSSR count). The van der Waals surface area contributed by atoms with E-state index in [4.69, 9.17) is 4.74 Å². The number of amides is 2. The van der Waals surface area contributed by atoms with E-state index in [-0.39, 0.29) is 12.2 Å². The second kappa shape index (κ2) is 12.9. The highest BCUT2D eigenvalue weighted by Gasteiger charge is 2.32. The maximum atomic E-state index is 13.1. The first-order chi connectivity index (χ1) is 20.2. The molecule has 0 unspecified atom stereocenters. The predicted molar refractivity (Wildman–Crippen MR) is 160 cm³/mol. The summed E-state index contributed by atoms with van der Waals surface area (Å²) in [7, 11) is 0. The van der Waals surface area contributed by atoms with Crippen molar-refractivity contribution in [3.05, 3.63) is 101 Å². The van der Waals surface area contributed by atoms with Gasteiger partial charge in [0.2, 0.25) is 11.5 Å². The van der Waals surface area contributed by atoms with E-state index in [1.54, 1.807) is 20.8 Å². The summed E-state index contributed by atoms with van der Waals surface area (Å²) < 4.78 is 48.2. The number of fused-ring (bicyclic) bond motifs is 1. The smallest absolute Gasteiger partial charge is 0.437 e. The normalized spacial score (nSPS) is 13.3. The van der Waals surface area contributed by atoms with Gasteiger partial charge in [-0.05, 0) is 64.3 Å². The maximum absolute atomic E-state index is 13.1. The van der Waals surface area contributed by atoms with Crippen LogP contribution in [0.5, 0.6) is 0 Å². The quantitative estimate of drug-likeness (QED) is 0.244. The molecule has 3 aromatic carbocycles. The van der Waals surface area contributed by atoms with E-state index < -0.39 is 36.2 Å². The molecule has 0 aliphatic carbocycles. The molecule has 10 heteroatoms. The molecule has 1 N–H and O–H groups in total. The van der Waals surface area contributed by atoms with Crippen molar-refractivity contribution in [2.45, 2.75) is 71.8 Å². The van der Waals surface area contributed by atoms with E-state index in [9.17, 15) is 22.8 Å². The van der Waals surface area contributed by atoms with Gasteiger partial charge in [0.25, 0.3) is 0 Å². The monoisotopic (exact) mass is 594 g/mol. The lowest BCUT2D eigenvalue weighted by Crippen LogP contribution is -2.39. The lowest BCUT2D eigenvalue weighted by molar-refractivity contribution is -0.153. The molecule has 2 amide bonds. The van der Waals surface area contributed by atoms with Crippen molar-refractivity contribution >= 4 is 23.0 Å². The Bertz CT molecular complexity index is 1640. The minimum absolute atomic E-state index is 0.122. The fourth-order valence-electron chi connectivity index (χ4n) is 4.84. The lowest BCUT2D eigenvalue weighted by Gasteiger charge is -2.22. The summed E-state index contributed by atoms with van der Waals surface area (Å²) in [6.45, 7) is 9.43. The molecular formula is C33H37F3N4O3. The van der Waals surface area contributed by atoms with E-state index in [2.05, 4.69) is 10.3 Å². The van der Waals surface area contributed by atoms with Crippen LogP contribution >= 0.6 is 0 Å². The Morgan fingerprint density at radius 1 is 0.860 bits per heavy atom. The van der Waals surface area contributed by atoms with Gasteiger partial charge in [0.1, 0.15) is 12.0 Å². The average molecular weight is 595 g/mol. The number of benzene rings is 3. The van der Waals surface area contributed by atoms with Crippen molar-refractivity contribution in [1.29, 1.82) is 0 Å². The average Bonchev–Trinajstić information content (AvgIpc) is 3.19. The Morgan fingerprint density at radius 2 is 1.42 bits per heavy atom. The molecule has 4 aromatic rings. The fourth-order valence-corrected chi connectivity index (χ4v) is 4.84. The molecule has 0 aliphatic heterocycles. The highest BCUT2D eigenvalue weighted by molar-refractivity contribution is 5.78. The summed E-state index contributed by atoms with van der Waals surface area (Å²) in [5, 5.41) is 2.47. The number of nitrogens with zero attached hydrogens (tertiary/aromatic N) is 3. The molecule has 0 saturated carbocycles. The Balaban J connectivity index is 1.91. The van der Waals surface area contributed by atoms with Crippen LogP contribution in [0.25, 0.3) is 11.0 Å². The van der Waals surface area contributed by atoms with Crippen LogP contribution in [0.1, 0.15) is 55.5 Å². The van der Waals surface area contributed by atoms with Crippen molar-refractivity contribution in [2.24, 2.45) is 4.99 Å². The second-order valence-corrected chi connectivity index (χ2v) is 11.8. The van der Waals surface area contributed by atoms with Gasteiger partial charge >= 0.3 is 12.3 Å². The van der Waals surface area contributed by atoms with Crippen molar-refractivity contribution < 1.29 is 27.5 Å². The van der Waals surface area contributed by atoms with Crippen molar-refractivity contribution in [3.63, 3.8) is 0 Å². The summed E-state index contributed by atoms with van der Waals surface area (Å²) in [5.41, 5.74) is 4.97. The molecular weight excluding hydrogens is 557 g/mol. The molecule has 7 nitrogen and oxygen atoms in total. The third kappa shape index (κ3) is 8.83. The van der Waals surface area contributed by atoms with Crippen LogP contribution in [-0.2, 0) is 22.5 Å². The molecule has 0 radical (unpaired) electrons. The zero-order valence-corrected chi connectivity index (χ0v) is 25.0. The van der Waals surface area contributed by atoms with E-state index in [1.807, 2.05) is 95.8 Å². The van der Waals surface area contributed by atoms with Crippen LogP contribution in [0.2, 0.25) is 0 Å². The van der Waals surface area contributed by atoms with Crippen LogP contribution in [-0.4, -0.2) is 39.5 Å². The lowest BCUT2D eigenvalue weighted by atomic mass is 10.0. The SMILES string of the molecule is Cc1ccc(C[C@@H](CNC(=O)CC(F)(F)F)n2c(=NC(=O)OC(C)(C)C)n(Cc3ccc(C)cc3)c3ccccc32)cc1. The number of aryl methyl sites for hydroxylation is 2. The molecule has 0 aliphatic rings. The van der Waals surface area contributed by atoms with Crippen molar-refractivity contribution in [2.75, 3.05) is 6.54 Å². The van der Waals surface area contributed by atoms with Gasteiger partial charge in [-0.1, -0.05) is 71.8 Å². The molecule has 228 valence electrons. The summed E-state index contributed by atoms with van der Waals surface area (Å²) in [5.74, 6) is -1.13. The number of hydrogen-bond acceptors (Lipinski definition) is 3. The van der Waals surface area contributed by atoms with Gasteiger partial charge in [-0.3, -0.25) is 4.79 Å². The standard InChI is InChI=1S/C33H37F3N4O3/c1-22-10-14-24(15-11-22)18-26(20-37-29(41)19-33(34,35)36)40-28-9-7-6-8-27(28)39(21-25-16-12-23(2)13-17-25)30(40)38-31(42)43-32(3,4)5/h6-17,26H,18-21H2,1-5H3,(H,37,41)/t26-/m0/s1. The number of halogens is 3. The van der Waals surface area contributed by atoms with Gasteiger partial charge in [-0.15, -0.1) is 4.99 Å². The van der Waals surface area contributed by atoms with E-state index in [0.29, 0.717) is 18.5 Å². The second-order valence-electron chi connectivity index (χ2n) is 11.8. The number of para-hydroxylation sites is 2. The number of nitrogens with one attached hydrogen (secondary N) is 1. The Labute approximate surface area is 249 Å². The molecule has 0 fully saturated rings. The van der Waals surface area contributed by atoms with Crippen LogP contribution < -0.4 is 10.9 Å². The van der Waals surface area contributed by atoms with Crippen LogP contribution in [0.3, 0.4) is 0 Å². The number of hydrogen-bond donors (Lipinski definition) is 1. The highest BCUT2D eigenvalue weighted by Crippen LogP contribution is 2.23. The van der Waals surface area contributed by atoms with Gasteiger partial charge in [-0.2, -0.15) is 13.2 Å². The molecule has 43 heavy (non-hydrogen) atoms. The largest absolute Gasteiger partial charge is 0.442 e. The first-order valence-electron chi connectivity index (χ1n) is 14.1. The highest BCUT2D eigenvalue weighted by atomic mass is 19.4. The summed E-state index contributed by atoms with van der Waals surface area (Å²) in [6, 6.07) is 22.7. The van der Waals surface area contributed by atoms with Gasteiger partial charge in [0, 0.05) is 6.54 Å². The fraction of sp³-hybridized carbons (Fsp3) is 0.364. The zero-order chi connectivity index (χ0) is 31.4. The van der Waals surface area contributed by atoms with Gasteiger partial charge in [0.05, 0.1) is 23.6 Å². The Hall–Kier alpha value is -4.34. The van der Waals surface area contributed by atoms with E-state index in [1.165, 1.54) is 0 Å². The number of aromatic nitrogens is 2. The van der Waals surface area contributed by atoms with Crippen molar-refractivity contribution in [1.82, 2.24) is 14.5 Å². The Morgan fingerprint density at radius 3 is 1.98 bits per heavy atom. The maximum Gasteiger partial charge on any atom is 0.437 e. The third-order valence-corrected chi connectivity index (χ3v) is 6.79. The summed E-state index contributed by atoms with van der Waals surface area (Å²) in [6.07, 6.45) is -6.67. The van der Waals surface area contributed by atoms with Gasteiger partial charge < -0.3 is 19.2 Å². The van der Waals surface area contributed by atoms with E-state index >= 15 is 0 Å². The molecule has 0 saturated heterocycles. The summed E-state index contributed by atoms with van der Waals surface area (Å²) in [4.78, 5) is 29.9. The number of imidazole rings is 1. The van der Waals surface area contributed by atoms with Crippen LogP contribution in [0, 0.1) is 13.8 Å². The van der Waals surface area contributed by atoms with Crippen LogP contribution in [0.15, 0.2) is 77.8 Å². The van der Waals surface area contributed by atoms with Gasteiger partial charge in [0.15, 0.2) is 0 Å². The number of carbonyl (C=O) groups is 2. The van der Waals surface area contributed by atoms with Gasteiger partial charge in [-0.25, -0.2) is 4.79 Å². The van der Waals surface area contributed by atoms with E-state index in [0.717, 1.165) is 27.8 Å². The molecule has 1 aromatic heterocycles. The molecule has 0 spiro atoms. The number of alkyl halides is 3.